The summed E-state index contributed by atoms with van der Waals surface area (Å²) in [5.41, 5.74) is 0.369. The molecule has 2 aliphatic heterocycles. The van der Waals surface area contributed by atoms with Gasteiger partial charge in [-0.25, -0.2) is 18.1 Å². The molecule has 0 aromatic heterocycles. The highest BCUT2D eigenvalue weighted by Crippen LogP contribution is 2.25. The third-order valence-corrected chi connectivity index (χ3v) is 5.78. The predicted octanol–water partition coefficient (Wildman–Crippen LogP) is 0.300. The summed E-state index contributed by atoms with van der Waals surface area (Å²) in [5, 5.41) is 8.76. The third-order valence-electron chi connectivity index (χ3n) is 3.90. The van der Waals surface area contributed by atoms with Crippen LogP contribution in [-0.4, -0.2) is 55.4 Å². The van der Waals surface area contributed by atoms with Crippen LogP contribution in [0, 0.1) is 11.3 Å². The van der Waals surface area contributed by atoms with E-state index in [4.69, 9.17) is 5.26 Å². The Morgan fingerprint density at radius 2 is 1.91 bits per heavy atom. The van der Waals surface area contributed by atoms with E-state index in [-0.39, 0.29) is 24.6 Å². The van der Waals surface area contributed by atoms with Crippen molar-refractivity contribution >= 4 is 22.0 Å². The second kappa shape index (κ2) is 5.64. The molecule has 3 rings (SSSR count). The van der Waals surface area contributed by atoms with Crippen LogP contribution in [-0.2, 0) is 19.6 Å². The quantitative estimate of drug-likeness (QED) is 0.786. The van der Waals surface area contributed by atoms with Crippen LogP contribution in [0.3, 0.4) is 0 Å². The molecule has 1 aromatic rings. The fourth-order valence-electron chi connectivity index (χ4n) is 2.71. The molecule has 23 heavy (non-hydrogen) atoms. The molecule has 0 spiro atoms. The minimum absolute atomic E-state index is 0.0448. The summed E-state index contributed by atoms with van der Waals surface area (Å²) < 4.78 is 31.1. The summed E-state index contributed by atoms with van der Waals surface area (Å²) in [4.78, 5) is 24.3. The van der Waals surface area contributed by atoms with E-state index in [9.17, 15) is 18.0 Å². The maximum Gasteiger partial charge on any atom is 0.417 e. The molecule has 0 unspecified atom stereocenters. The standard InChI is InChI=1S/C14H13N3O5S/c15-7-10-1-3-12(4-2-10)23(20,21)16-6-5-11(8-16)17-13(18)9-22-14(17)19/h1-4,11H,5-6,8-9H2/t11-/m1/s1. The summed E-state index contributed by atoms with van der Waals surface area (Å²) in [7, 11) is -3.73. The molecule has 2 heterocycles. The summed E-state index contributed by atoms with van der Waals surface area (Å²) in [5.74, 6) is -0.447. The average Bonchev–Trinajstić information content (AvgIpc) is 3.14. The lowest BCUT2D eigenvalue weighted by molar-refractivity contribution is -0.127. The van der Waals surface area contributed by atoms with Crippen LogP contribution in [0.1, 0.15) is 12.0 Å². The first-order valence-corrected chi connectivity index (χ1v) is 8.36. The Kier molecular flexibility index (Phi) is 3.79. The van der Waals surface area contributed by atoms with Crippen molar-refractivity contribution in [2.75, 3.05) is 19.7 Å². The lowest BCUT2D eigenvalue weighted by atomic mass is 10.2. The second-order valence-corrected chi connectivity index (χ2v) is 7.20. The van der Waals surface area contributed by atoms with Crippen LogP contribution in [0.5, 0.6) is 0 Å². The number of hydrogen-bond acceptors (Lipinski definition) is 6. The molecule has 8 nitrogen and oxygen atoms in total. The molecule has 1 atom stereocenters. The Morgan fingerprint density at radius 3 is 2.48 bits per heavy atom. The highest BCUT2D eigenvalue weighted by atomic mass is 32.2. The zero-order chi connectivity index (χ0) is 16.6. The number of hydrogen-bond donors (Lipinski definition) is 0. The predicted molar refractivity (Wildman–Crippen MR) is 76.5 cm³/mol. The fraction of sp³-hybridized carbons (Fsp3) is 0.357. The monoisotopic (exact) mass is 335 g/mol. The largest absolute Gasteiger partial charge is 0.439 e. The van der Waals surface area contributed by atoms with E-state index in [1.807, 2.05) is 6.07 Å². The topological polar surface area (TPSA) is 108 Å². The lowest BCUT2D eigenvalue weighted by Gasteiger charge is -2.20. The highest BCUT2D eigenvalue weighted by molar-refractivity contribution is 7.89. The number of carbonyl (C=O) groups is 2. The Balaban J connectivity index is 1.78. The number of sulfonamides is 1. The first-order chi connectivity index (χ1) is 10.9. The lowest BCUT2D eigenvalue weighted by Crippen LogP contribution is -2.42. The van der Waals surface area contributed by atoms with Gasteiger partial charge in [-0.15, -0.1) is 0 Å². The van der Waals surface area contributed by atoms with Gasteiger partial charge >= 0.3 is 6.09 Å². The Labute approximate surface area is 132 Å². The van der Waals surface area contributed by atoms with Gasteiger partial charge in [0.25, 0.3) is 5.91 Å². The normalized spacial score (nSPS) is 22.2. The van der Waals surface area contributed by atoms with Gasteiger partial charge in [-0.1, -0.05) is 0 Å². The summed E-state index contributed by atoms with van der Waals surface area (Å²) >= 11 is 0. The van der Waals surface area contributed by atoms with Crippen molar-refractivity contribution in [2.45, 2.75) is 17.4 Å². The molecule has 0 bridgehead atoms. The van der Waals surface area contributed by atoms with Gasteiger partial charge in [0.2, 0.25) is 10.0 Å². The van der Waals surface area contributed by atoms with Crippen molar-refractivity contribution in [2.24, 2.45) is 0 Å². The number of ether oxygens (including phenoxy) is 1. The molecule has 0 radical (unpaired) electrons. The number of benzene rings is 1. The van der Waals surface area contributed by atoms with E-state index < -0.39 is 28.1 Å². The van der Waals surface area contributed by atoms with Crippen LogP contribution in [0.25, 0.3) is 0 Å². The van der Waals surface area contributed by atoms with Crippen molar-refractivity contribution in [1.82, 2.24) is 9.21 Å². The van der Waals surface area contributed by atoms with E-state index in [2.05, 4.69) is 4.74 Å². The molecular formula is C14H13N3O5S. The Morgan fingerprint density at radius 1 is 1.22 bits per heavy atom. The summed E-state index contributed by atoms with van der Waals surface area (Å²) in [6, 6.07) is 7.02. The average molecular weight is 335 g/mol. The number of carbonyl (C=O) groups excluding carboxylic acids is 2. The highest BCUT2D eigenvalue weighted by Gasteiger charge is 2.43. The number of cyclic esters (lactones) is 1. The van der Waals surface area contributed by atoms with Gasteiger partial charge in [0.1, 0.15) is 0 Å². The number of nitriles is 1. The molecular weight excluding hydrogens is 322 g/mol. The molecule has 9 heteroatoms. The molecule has 2 aliphatic rings. The zero-order valence-electron chi connectivity index (χ0n) is 12.0. The van der Waals surface area contributed by atoms with Gasteiger partial charge in [0.15, 0.2) is 6.61 Å². The second-order valence-electron chi connectivity index (χ2n) is 5.26. The molecule has 0 N–H and O–H groups in total. The van der Waals surface area contributed by atoms with Crippen molar-refractivity contribution < 1.29 is 22.7 Å². The van der Waals surface area contributed by atoms with Gasteiger partial charge in [-0.2, -0.15) is 9.57 Å². The van der Waals surface area contributed by atoms with Gasteiger partial charge in [-0.3, -0.25) is 4.79 Å². The summed E-state index contributed by atoms with van der Waals surface area (Å²) in [6.07, 6.45) is -0.353. The van der Waals surface area contributed by atoms with Crippen LogP contribution in [0.2, 0.25) is 0 Å². The van der Waals surface area contributed by atoms with E-state index in [0.717, 1.165) is 4.90 Å². The minimum atomic E-state index is -3.73. The van der Waals surface area contributed by atoms with Gasteiger partial charge in [0, 0.05) is 13.1 Å². The van der Waals surface area contributed by atoms with Gasteiger partial charge in [-0.05, 0) is 30.7 Å². The Hall–Kier alpha value is -2.44. The number of imide groups is 1. The number of rotatable bonds is 3. The minimum Gasteiger partial charge on any atom is -0.439 e. The van der Waals surface area contributed by atoms with Crippen molar-refractivity contribution in [3.05, 3.63) is 29.8 Å². The SMILES string of the molecule is N#Cc1ccc(S(=O)(=O)N2CC[C@@H](N3C(=O)COC3=O)C2)cc1. The third kappa shape index (κ3) is 2.67. The molecule has 2 saturated heterocycles. The molecule has 120 valence electrons. The van der Waals surface area contributed by atoms with E-state index in [1.165, 1.54) is 28.6 Å². The van der Waals surface area contributed by atoms with E-state index in [0.29, 0.717) is 12.0 Å². The molecule has 2 amide bonds. The van der Waals surface area contributed by atoms with Crippen molar-refractivity contribution in [1.29, 1.82) is 5.26 Å². The zero-order valence-corrected chi connectivity index (χ0v) is 12.8. The molecule has 0 saturated carbocycles. The van der Waals surface area contributed by atoms with Gasteiger partial charge in [0.05, 0.1) is 22.6 Å². The van der Waals surface area contributed by atoms with Gasteiger partial charge < -0.3 is 4.74 Å². The first-order valence-electron chi connectivity index (χ1n) is 6.92. The number of amides is 2. The molecule has 1 aromatic carbocycles. The molecule has 2 fully saturated rings. The van der Waals surface area contributed by atoms with Crippen LogP contribution < -0.4 is 0 Å². The van der Waals surface area contributed by atoms with Crippen molar-refractivity contribution in [3.63, 3.8) is 0 Å². The smallest absolute Gasteiger partial charge is 0.417 e. The van der Waals surface area contributed by atoms with E-state index in [1.54, 1.807) is 0 Å². The van der Waals surface area contributed by atoms with E-state index >= 15 is 0 Å². The number of nitrogens with zero attached hydrogens (tertiary/aromatic N) is 3. The maximum atomic E-state index is 12.6. The maximum absolute atomic E-state index is 12.6. The summed E-state index contributed by atoms with van der Waals surface area (Å²) in [6.45, 7) is -0.0368. The van der Waals surface area contributed by atoms with Crippen LogP contribution >= 0.6 is 0 Å². The first kappa shape index (κ1) is 15.5. The van der Waals surface area contributed by atoms with Crippen molar-refractivity contribution in [3.8, 4) is 6.07 Å². The fourth-order valence-corrected chi connectivity index (χ4v) is 4.20. The van der Waals surface area contributed by atoms with Crippen LogP contribution in [0.4, 0.5) is 4.79 Å². The Bertz CT molecular complexity index is 781. The molecule has 0 aliphatic carbocycles. The van der Waals surface area contributed by atoms with Crippen LogP contribution in [0.15, 0.2) is 29.2 Å².